The maximum Gasteiger partial charge on any atom is 0.342 e. The Labute approximate surface area is 131 Å². The molecular formula is C15H15N3O5. The molecule has 0 radical (unpaired) electrons. The van der Waals surface area contributed by atoms with Crippen molar-refractivity contribution in [3.8, 4) is 12.3 Å². The number of rotatable bonds is 5. The molecule has 0 aliphatic carbocycles. The average Bonchev–Trinajstić information content (AvgIpc) is 2.85. The molecule has 2 heterocycles. The first kappa shape index (κ1) is 16.3. The number of furan rings is 1. The molecule has 23 heavy (non-hydrogen) atoms. The number of ether oxygens (including phenoxy) is 1. The zero-order chi connectivity index (χ0) is 17.0. The quantitative estimate of drug-likeness (QED) is 0.625. The molecule has 2 aromatic heterocycles. The van der Waals surface area contributed by atoms with E-state index < -0.39 is 17.4 Å². The predicted molar refractivity (Wildman–Crippen MR) is 80.8 cm³/mol. The van der Waals surface area contributed by atoms with Crippen LogP contribution in [0.15, 0.2) is 15.5 Å². The van der Waals surface area contributed by atoms with Crippen LogP contribution >= 0.6 is 0 Å². The summed E-state index contributed by atoms with van der Waals surface area (Å²) in [6.07, 6.45) is 6.23. The van der Waals surface area contributed by atoms with Crippen LogP contribution in [0.25, 0.3) is 11.1 Å². The molecule has 8 heteroatoms. The van der Waals surface area contributed by atoms with E-state index in [-0.39, 0.29) is 42.1 Å². The summed E-state index contributed by atoms with van der Waals surface area (Å²) in [6, 6.07) is 0. The Bertz CT molecular complexity index is 856. The first-order chi connectivity index (χ1) is 11.0. The van der Waals surface area contributed by atoms with E-state index in [4.69, 9.17) is 15.6 Å². The summed E-state index contributed by atoms with van der Waals surface area (Å²) >= 11 is 0. The van der Waals surface area contributed by atoms with Crippen LogP contribution in [0.5, 0.6) is 0 Å². The smallest absolute Gasteiger partial charge is 0.342 e. The Kier molecular flexibility index (Phi) is 4.81. The van der Waals surface area contributed by atoms with Crippen molar-refractivity contribution >= 4 is 23.0 Å². The van der Waals surface area contributed by atoms with Crippen molar-refractivity contribution in [2.24, 2.45) is 0 Å². The number of carbonyl (C=O) groups excluding carboxylic acids is 2. The largest absolute Gasteiger partial charge is 0.462 e. The number of nitrogens with zero attached hydrogens (tertiary/aromatic N) is 2. The summed E-state index contributed by atoms with van der Waals surface area (Å²) in [5.74, 6) is 1.38. The molecule has 0 aliphatic rings. The van der Waals surface area contributed by atoms with Gasteiger partial charge in [0.25, 0.3) is 5.56 Å². The fourth-order valence-electron chi connectivity index (χ4n) is 2.06. The van der Waals surface area contributed by atoms with Gasteiger partial charge in [-0.3, -0.25) is 14.2 Å². The Balaban J connectivity index is 2.47. The maximum absolute atomic E-state index is 12.5. The number of hydrogen-bond acceptors (Lipinski definition) is 6. The zero-order valence-corrected chi connectivity index (χ0v) is 12.7. The van der Waals surface area contributed by atoms with Crippen molar-refractivity contribution in [2.45, 2.75) is 20.4 Å². The van der Waals surface area contributed by atoms with E-state index in [1.54, 1.807) is 6.92 Å². The van der Waals surface area contributed by atoms with E-state index in [0.29, 0.717) is 0 Å². The Morgan fingerprint density at radius 3 is 2.91 bits per heavy atom. The molecule has 0 aliphatic heterocycles. The van der Waals surface area contributed by atoms with Crippen molar-refractivity contribution in [2.75, 3.05) is 13.2 Å². The van der Waals surface area contributed by atoms with Gasteiger partial charge in [-0.1, -0.05) is 5.92 Å². The van der Waals surface area contributed by atoms with Crippen LogP contribution in [0.4, 0.5) is 0 Å². The van der Waals surface area contributed by atoms with Crippen molar-refractivity contribution in [3.05, 3.63) is 28.0 Å². The molecule has 2 aromatic rings. The third-order valence-corrected chi connectivity index (χ3v) is 3.04. The van der Waals surface area contributed by atoms with Gasteiger partial charge in [0.1, 0.15) is 29.6 Å². The van der Waals surface area contributed by atoms with Crippen LogP contribution < -0.4 is 10.9 Å². The van der Waals surface area contributed by atoms with Crippen molar-refractivity contribution in [3.63, 3.8) is 0 Å². The number of hydrogen-bond donors (Lipinski definition) is 1. The molecule has 0 bridgehead atoms. The highest BCUT2D eigenvalue weighted by Crippen LogP contribution is 2.21. The van der Waals surface area contributed by atoms with Gasteiger partial charge in [-0.05, 0) is 13.8 Å². The van der Waals surface area contributed by atoms with Gasteiger partial charge in [0.05, 0.1) is 13.2 Å². The Hall–Kier alpha value is -3.08. The van der Waals surface area contributed by atoms with Crippen LogP contribution in [0.1, 0.15) is 23.0 Å². The molecule has 120 valence electrons. The molecule has 8 nitrogen and oxygen atoms in total. The number of esters is 1. The highest BCUT2D eigenvalue weighted by molar-refractivity contribution is 6.03. The molecule has 0 spiro atoms. The maximum atomic E-state index is 12.5. The molecule has 0 saturated carbocycles. The minimum Gasteiger partial charge on any atom is -0.462 e. The van der Waals surface area contributed by atoms with Gasteiger partial charge in [-0.15, -0.1) is 6.42 Å². The molecule has 1 amide bonds. The first-order valence-corrected chi connectivity index (χ1v) is 6.85. The van der Waals surface area contributed by atoms with E-state index in [1.165, 1.54) is 13.3 Å². The summed E-state index contributed by atoms with van der Waals surface area (Å²) in [7, 11) is 0. The molecule has 0 aromatic carbocycles. The van der Waals surface area contributed by atoms with E-state index in [0.717, 1.165) is 4.57 Å². The lowest BCUT2D eigenvalue weighted by Crippen LogP contribution is -2.32. The molecule has 0 unspecified atom stereocenters. The summed E-state index contributed by atoms with van der Waals surface area (Å²) in [4.78, 5) is 40.2. The second kappa shape index (κ2) is 6.79. The number of aryl methyl sites for hydroxylation is 1. The highest BCUT2D eigenvalue weighted by Gasteiger charge is 2.24. The fourth-order valence-corrected chi connectivity index (χ4v) is 2.06. The molecule has 2 rings (SSSR count). The zero-order valence-electron chi connectivity index (χ0n) is 12.7. The monoisotopic (exact) mass is 317 g/mol. The second-order valence-corrected chi connectivity index (χ2v) is 4.59. The number of terminal acetylenes is 1. The summed E-state index contributed by atoms with van der Waals surface area (Å²) < 4.78 is 11.3. The summed E-state index contributed by atoms with van der Waals surface area (Å²) in [6.45, 7) is 3.14. The lowest BCUT2D eigenvalue weighted by molar-refractivity contribution is -0.121. The Morgan fingerprint density at radius 1 is 1.52 bits per heavy atom. The SMILES string of the molecule is C#CCNC(=O)Cn1cnc2oc(C)c(C(=O)OCC)c2c1=O. The predicted octanol–water partition coefficient (Wildman–Crippen LogP) is 0.224. The summed E-state index contributed by atoms with van der Waals surface area (Å²) in [5, 5.41) is 2.44. The summed E-state index contributed by atoms with van der Waals surface area (Å²) in [5.41, 5.74) is -0.515. The third kappa shape index (κ3) is 3.23. The minimum atomic E-state index is -0.669. The van der Waals surface area contributed by atoms with E-state index in [9.17, 15) is 14.4 Å². The normalized spacial score (nSPS) is 10.3. The van der Waals surface area contributed by atoms with Gasteiger partial charge in [0, 0.05) is 0 Å². The number of carbonyl (C=O) groups is 2. The van der Waals surface area contributed by atoms with E-state index >= 15 is 0 Å². The number of nitrogens with one attached hydrogen (secondary N) is 1. The van der Waals surface area contributed by atoms with E-state index in [1.807, 2.05) is 0 Å². The van der Waals surface area contributed by atoms with Crippen LogP contribution in [0.2, 0.25) is 0 Å². The number of amides is 1. The molecule has 0 saturated heterocycles. The molecule has 0 atom stereocenters. The van der Waals surface area contributed by atoms with Gasteiger partial charge in [-0.25, -0.2) is 9.78 Å². The van der Waals surface area contributed by atoms with Crippen LogP contribution in [-0.2, 0) is 16.1 Å². The van der Waals surface area contributed by atoms with Crippen LogP contribution in [0.3, 0.4) is 0 Å². The van der Waals surface area contributed by atoms with Crippen molar-refractivity contribution < 1.29 is 18.7 Å². The fraction of sp³-hybridized carbons (Fsp3) is 0.333. The first-order valence-electron chi connectivity index (χ1n) is 6.85. The molecular weight excluding hydrogens is 302 g/mol. The van der Waals surface area contributed by atoms with Gasteiger partial charge in [0.2, 0.25) is 11.6 Å². The van der Waals surface area contributed by atoms with Crippen LogP contribution in [-0.4, -0.2) is 34.6 Å². The van der Waals surface area contributed by atoms with Gasteiger partial charge < -0.3 is 14.5 Å². The number of fused-ring (bicyclic) bond motifs is 1. The highest BCUT2D eigenvalue weighted by atomic mass is 16.5. The third-order valence-electron chi connectivity index (χ3n) is 3.04. The standard InChI is InChI=1S/C15H15N3O5/c1-4-6-16-10(19)7-18-8-17-13-12(14(18)20)11(9(3)23-13)15(21)22-5-2/h1,8H,5-7H2,2-3H3,(H,16,19). The minimum absolute atomic E-state index is 0.00630. The lowest BCUT2D eigenvalue weighted by Gasteiger charge is -2.05. The molecule has 0 fully saturated rings. The van der Waals surface area contributed by atoms with Gasteiger partial charge in [-0.2, -0.15) is 0 Å². The second-order valence-electron chi connectivity index (χ2n) is 4.59. The topological polar surface area (TPSA) is 103 Å². The lowest BCUT2D eigenvalue weighted by atomic mass is 10.2. The van der Waals surface area contributed by atoms with Gasteiger partial charge >= 0.3 is 5.97 Å². The molecule has 1 N–H and O–H groups in total. The Morgan fingerprint density at radius 2 is 2.26 bits per heavy atom. The van der Waals surface area contributed by atoms with Crippen molar-refractivity contribution in [1.29, 1.82) is 0 Å². The van der Waals surface area contributed by atoms with Gasteiger partial charge in [0.15, 0.2) is 0 Å². The van der Waals surface area contributed by atoms with E-state index in [2.05, 4.69) is 16.2 Å². The number of aromatic nitrogens is 2. The van der Waals surface area contributed by atoms with Crippen molar-refractivity contribution in [1.82, 2.24) is 14.9 Å². The average molecular weight is 317 g/mol. The van der Waals surface area contributed by atoms with Crippen LogP contribution in [0, 0.1) is 19.3 Å².